The Morgan fingerprint density at radius 3 is 2.73 bits per heavy atom. The van der Waals surface area contributed by atoms with Crippen LogP contribution >= 0.6 is 22.9 Å². The van der Waals surface area contributed by atoms with Crippen molar-refractivity contribution >= 4 is 50.6 Å². The van der Waals surface area contributed by atoms with E-state index in [0.717, 1.165) is 28.6 Å². The molecule has 3 aromatic rings. The van der Waals surface area contributed by atoms with E-state index in [1.54, 1.807) is 6.07 Å². The number of rotatable bonds is 6. The normalized spacial score (nSPS) is 19.0. The molecule has 0 aliphatic heterocycles. The number of nitro benzene ring substituents is 1. The summed E-state index contributed by atoms with van der Waals surface area (Å²) in [5, 5.41) is 24.3. The van der Waals surface area contributed by atoms with Crippen molar-refractivity contribution < 1.29 is 14.8 Å². The lowest BCUT2D eigenvalue weighted by Gasteiger charge is -2.25. The predicted octanol–water partition coefficient (Wildman–Crippen LogP) is 5.22. The number of non-ortho nitro benzene ring substituents is 1. The number of hydrogen-bond donors (Lipinski definition) is 2. The first kappa shape index (κ1) is 20.5. The van der Waals surface area contributed by atoms with Crippen LogP contribution in [0, 0.1) is 16.0 Å². The van der Waals surface area contributed by atoms with Crippen LogP contribution in [0.25, 0.3) is 10.2 Å². The van der Waals surface area contributed by atoms with Gasteiger partial charge < -0.3 is 10.4 Å². The van der Waals surface area contributed by atoms with Crippen molar-refractivity contribution in [3.8, 4) is 0 Å². The second-order valence-corrected chi connectivity index (χ2v) is 9.03. The molecule has 10 heteroatoms. The largest absolute Gasteiger partial charge is 0.481 e. The quantitative estimate of drug-likeness (QED) is 0.393. The predicted molar refractivity (Wildman–Crippen MR) is 115 cm³/mol. The van der Waals surface area contributed by atoms with Crippen LogP contribution in [-0.4, -0.2) is 26.0 Å². The molecule has 0 saturated heterocycles. The third-order valence-corrected chi connectivity index (χ3v) is 6.56. The molecule has 1 fully saturated rings. The Morgan fingerprint density at radius 1 is 1.27 bits per heavy atom. The van der Waals surface area contributed by atoms with E-state index in [-0.39, 0.29) is 17.5 Å². The highest BCUT2D eigenvalue weighted by atomic mass is 35.5. The molecule has 1 saturated carbocycles. The Kier molecular flexibility index (Phi) is 5.83. The maximum Gasteiger partial charge on any atom is 0.306 e. The molecule has 1 aliphatic carbocycles. The summed E-state index contributed by atoms with van der Waals surface area (Å²) >= 11 is 7.57. The van der Waals surface area contributed by atoms with Crippen molar-refractivity contribution in [2.24, 2.45) is 5.92 Å². The van der Waals surface area contributed by atoms with Crippen molar-refractivity contribution in [1.82, 2.24) is 9.97 Å². The lowest BCUT2D eigenvalue weighted by molar-refractivity contribution is -0.384. The van der Waals surface area contributed by atoms with Crippen LogP contribution in [0.15, 0.2) is 30.3 Å². The molecular weight excluding hydrogens is 428 g/mol. The Morgan fingerprint density at radius 2 is 2.03 bits per heavy atom. The molecular formula is C20H19ClN4O4S. The first-order valence-corrected chi connectivity index (χ1v) is 10.8. The molecule has 1 aliphatic rings. The average Bonchev–Trinajstić information content (AvgIpc) is 3.12. The summed E-state index contributed by atoms with van der Waals surface area (Å²) in [6, 6.07) is 8.25. The van der Waals surface area contributed by atoms with E-state index in [9.17, 15) is 20.0 Å². The number of aromatic nitrogens is 2. The fraction of sp³-hybridized carbons (Fsp3) is 0.350. The highest BCUT2D eigenvalue weighted by Gasteiger charge is 2.29. The summed E-state index contributed by atoms with van der Waals surface area (Å²) in [4.78, 5) is 32.0. The van der Waals surface area contributed by atoms with Gasteiger partial charge in [0.25, 0.3) is 5.69 Å². The van der Waals surface area contributed by atoms with Crippen molar-refractivity contribution in [3.05, 3.63) is 56.2 Å². The number of benzene rings is 1. The number of halogens is 1. The van der Waals surface area contributed by atoms with Crippen LogP contribution < -0.4 is 5.32 Å². The molecule has 0 radical (unpaired) electrons. The molecule has 30 heavy (non-hydrogen) atoms. The van der Waals surface area contributed by atoms with E-state index in [1.165, 1.54) is 23.5 Å². The van der Waals surface area contributed by atoms with Gasteiger partial charge in [-0.1, -0.05) is 23.7 Å². The van der Waals surface area contributed by atoms with Crippen LogP contribution in [0.3, 0.4) is 0 Å². The van der Waals surface area contributed by atoms with Gasteiger partial charge in [0.1, 0.15) is 16.5 Å². The maximum absolute atomic E-state index is 11.2. The van der Waals surface area contributed by atoms with E-state index in [2.05, 4.69) is 10.3 Å². The molecule has 8 nitrogen and oxygen atoms in total. The summed E-state index contributed by atoms with van der Waals surface area (Å²) < 4.78 is 0.601. The van der Waals surface area contributed by atoms with Gasteiger partial charge in [0.2, 0.25) is 0 Å². The highest BCUT2D eigenvalue weighted by molar-refractivity contribution is 7.22. The number of nitrogens with one attached hydrogen (secondary N) is 1. The van der Waals surface area contributed by atoms with Gasteiger partial charge in [0.05, 0.1) is 20.6 Å². The lowest BCUT2D eigenvalue weighted by Crippen LogP contribution is -2.21. The molecule has 1 aromatic carbocycles. The molecule has 2 aromatic heterocycles. The monoisotopic (exact) mass is 446 g/mol. The molecule has 2 heterocycles. The van der Waals surface area contributed by atoms with E-state index in [4.69, 9.17) is 16.6 Å². The molecule has 0 atom stereocenters. The van der Waals surface area contributed by atoms with Gasteiger partial charge in [-0.2, -0.15) is 0 Å². The van der Waals surface area contributed by atoms with Gasteiger partial charge in [-0.3, -0.25) is 14.9 Å². The van der Waals surface area contributed by atoms with E-state index < -0.39 is 10.9 Å². The average molecular weight is 447 g/mol. The molecule has 0 spiro atoms. The molecule has 2 N–H and O–H groups in total. The second kappa shape index (κ2) is 8.53. The zero-order valence-electron chi connectivity index (χ0n) is 15.9. The third kappa shape index (κ3) is 4.36. The van der Waals surface area contributed by atoms with E-state index in [1.807, 2.05) is 12.1 Å². The summed E-state index contributed by atoms with van der Waals surface area (Å²) in [6.07, 6.45) is 2.68. The zero-order valence-corrected chi connectivity index (χ0v) is 17.4. The Balaban J connectivity index is 1.58. The van der Waals surface area contributed by atoms with Crippen molar-refractivity contribution in [1.29, 1.82) is 0 Å². The zero-order chi connectivity index (χ0) is 21.3. The minimum absolute atomic E-state index is 0.0385. The Labute approximate surface area is 181 Å². The Bertz CT molecular complexity index is 1110. The minimum atomic E-state index is -0.742. The number of nitro groups is 1. The van der Waals surface area contributed by atoms with Gasteiger partial charge in [0.15, 0.2) is 0 Å². The van der Waals surface area contributed by atoms with Gasteiger partial charge in [0, 0.05) is 24.6 Å². The van der Waals surface area contributed by atoms with E-state index in [0.29, 0.717) is 35.4 Å². The fourth-order valence-electron chi connectivity index (χ4n) is 3.79. The Hall–Kier alpha value is -2.78. The number of anilines is 1. The third-order valence-electron chi connectivity index (χ3n) is 5.40. The number of carboxylic acids is 1. The van der Waals surface area contributed by atoms with Crippen LogP contribution in [-0.2, 0) is 11.3 Å². The minimum Gasteiger partial charge on any atom is -0.481 e. The SMILES string of the molecule is O=C(O)C1CCC(c2nc(NCc3cccc([N+](=O)[O-])c3)c3cc(Cl)sc3n2)CC1. The molecule has 0 bridgehead atoms. The van der Waals surface area contributed by atoms with Gasteiger partial charge in [-0.15, -0.1) is 11.3 Å². The number of thiophene rings is 1. The second-order valence-electron chi connectivity index (χ2n) is 7.37. The van der Waals surface area contributed by atoms with Gasteiger partial charge >= 0.3 is 5.97 Å². The summed E-state index contributed by atoms with van der Waals surface area (Å²) in [5.41, 5.74) is 0.803. The van der Waals surface area contributed by atoms with E-state index >= 15 is 0 Å². The summed E-state index contributed by atoms with van der Waals surface area (Å²) in [5.74, 6) is 0.377. The molecule has 156 valence electrons. The first-order chi connectivity index (χ1) is 14.4. The smallest absolute Gasteiger partial charge is 0.306 e. The maximum atomic E-state index is 11.2. The number of aliphatic carboxylic acids is 1. The highest BCUT2D eigenvalue weighted by Crippen LogP contribution is 2.38. The van der Waals surface area contributed by atoms with Gasteiger partial charge in [-0.25, -0.2) is 9.97 Å². The topological polar surface area (TPSA) is 118 Å². The molecule has 0 amide bonds. The number of hydrogen-bond acceptors (Lipinski definition) is 7. The summed E-state index contributed by atoms with van der Waals surface area (Å²) in [7, 11) is 0. The van der Waals surface area contributed by atoms with Crippen molar-refractivity contribution in [2.45, 2.75) is 38.1 Å². The molecule has 4 rings (SSSR count). The number of nitrogens with zero attached hydrogens (tertiary/aromatic N) is 3. The summed E-state index contributed by atoms with van der Waals surface area (Å²) in [6.45, 7) is 0.368. The lowest BCUT2D eigenvalue weighted by atomic mass is 9.81. The fourth-order valence-corrected chi connectivity index (χ4v) is 4.88. The van der Waals surface area contributed by atoms with Crippen LogP contribution in [0.2, 0.25) is 4.34 Å². The van der Waals surface area contributed by atoms with Crippen molar-refractivity contribution in [3.63, 3.8) is 0 Å². The standard InChI is InChI=1S/C20H19ClN4O4S/c21-16-9-15-18(22-10-11-2-1-3-14(8-11)25(28)29)23-17(24-19(15)30-16)12-4-6-13(7-5-12)20(26)27/h1-3,8-9,12-13H,4-7,10H2,(H,26,27)(H,22,23,24). The van der Waals surface area contributed by atoms with Crippen LogP contribution in [0.1, 0.15) is 43.0 Å². The van der Waals surface area contributed by atoms with Gasteiger partial charge in [-0.05, 0) is 37.3 Å². The molecule has 0 unspecified atom stereocenters. The van der Waals surface area contributed by atoms with Crippen LogP contribution in [0.4, 0.5) is 11.5 Å². The van der Waals surface area contributed by atoms with Crippen LogP contribution in [0.5, 0.6) is 0 Å². The number of fused-ring (bicyclic) bond motifs is 1. The van der Waals surface area contributed by atoms with Crippen molar-refractivity contribution in [2.75, 3.05) is 5.32 Å². The number of carbonyl (C=O) groups is 1. The number of carboxylic acid groups (broad SMARTS) is 1. The first-order valence-electron chi connectivity index (χ1n) is 9.57.